The number of nitrogens with zero attached hydrogens (tertiary/aromatic N) is 2. The second-order valence-corrected chi connectivity index (χ2v) is 5.84. The molecular formula is C15H16ClN3O6. The van der Waals surface area contributed by atoms with Crippen LogP contribution < -0.4 is 10.2 Å². The Hall–Kier alpha value is -2.33. The Morgan fingerprint density at radius 2 is 1.68 bits per heavy atom. The molecule has 134 valence electrons. The maximum absolute atomic E-state index is 12.5. The van der Waals surface area contributed by atoms with E-state index in [1.54, 1.807) is 0 Å². The monoisotopic (exact) mass is 369 g/mol. The molecule has 1 fully saturated rings. The lowest BCUT2D eigenvalue weighted by atomic mass is 10.0. The molecule has 0 spiro atoms. The zero-order chi connectivity index (χ0) is 18.6. The molecule has 0 unspecified atom stereocenters. The number of amides is 4. The van der Waals surface area contributed by atoms with Gasteiger partial charge in [0.2, 0.25) is 5.91 Å². The number of benzene rings is 1. The number of hydrogen-bond donors (Lipinski definition) is 4. The van der Waals surface area contributed by atoms with E-state index in [0.717, 1.165) is 11.1 Å². The lowest BCUT2D eigenvalue weighted by molar-refractivity contribution is -0.131. The SMILES string of the molecule is O=C1NC(=O)N(c2ccc(Cl)cc2)C(=O)[C@@H]1C=NC(CO)(CO)CO. The molecule has 4 N–H and O–H groups in total. The topological polar surface area (TPSA) is 140 Å². The minimum atomic E-state index is -1.63. The normalized spacial score (nSPS) is 18.8. The van der Waals surface area contributed by atoms with Crippen molar-refractivity contribution < 1.29 is 29.7 Å². The third-order valence-corrected chi connectivity index (χ3v) is 3.92. The summed E-state index contributed by atoms with van der Waals surface area (Å²) in [5.74, 6) is -3.22. The molecular weight excluding hydrogens is 354 g/mol. The average molecular weight is 370 g/mol. The first-order valence-electron chi connectivity index (χ1n) is 7.20. The molecule has 1 aliphatic rings. The van der Waals surface area contributed by atoms with Gasteiger partial charge in [0.25, 0.3) is 5.91 Å². The predicted octanol–water partition coefficient (Wildman–Crippen LogP) is -0.675. The number of nitrogens with one attached hydrogen (secondary N) is 1. The van der Waals surface area contributed by atoms with E-state index < -0.39 is 49.1 Å². The van der Waals surface area contributed by atoms with Crippen molar-refractivity contribution in [3.63, 3.8) is 0 Å². The molecule has 9 nitrogen and oxygen atoms in total. The quantitative estimate of drug-likeness (QED) is 0.387. The van der Waals surface area contributed by atoms with Crippen LogP contribution >= 0.6 is 11.6 Å². The Morgan fingerprint density at radius 3 is 2.20 bits per heavy atom. The van der Waals surface area contributed by atoms with Gasteiger partial charge in [-0.1, -0.05) is 11.6 Å². The molecule has 4 amide bonds. The van der Waals surface area contributed by atoms with Gasteiger partial charge in [0.15, 0.2) is 5.92 Å². The zero-order valence-corrected chi connectivity index (χ0v) is 13.7. The molecule has 1 heterocycles. The van der Waals surface area contributed by atoms with Gasteiger partial charge in [-0.3, -0.25) is 19.9 Å². The maximum atomic E-state index is 12.5. The van der Waals surface area contributed by atoms with E-state index in [1.807, 2.05) is 5.32 Å². The first-order chi connectivity index (χ1) is 11.9. The molecule has 0 aromatic heterocycles. The van der Waals surface area contributed by atoms with E-state index in [1.165, 1.54) is 24.3 Å². The summed E-state index contributed by atoms with van der Waals surface area (Å²) in [6.07, 6.45) is 0.898. The number of hydrogen-bond acceptors (Lipinski definition) is 7. The van der Waals surface area contributed by atoms with Crippen LogP contribution in [-0.4, -0.2) is 64.7 Å². The lowest BCUT2D eigenvalue weighted by Gasteiger charge is -2.29. The Morgan fingerprint density at radius 1 is 1.12 bits per heavy atom. The highest BCUT2D eigenvalue weighted by molar-refractivity contribution is 6.33. The Balaban J connectivity index is 2.32. The second-order valence-electron chi connectivity index (χ2n) is 5.40. The number of rotatable bonds is 6. The van der Waals surface area contributed by atoms with Crippen molar-refractivity contribution in [3.05, 3.63) is 29.3 Å². The van der Waals surface area contributed by atoms with Crippen LogP contribution in [0.4, 0.5) is 10.5 Å². The van der Waals surface area contributed by atoms with E-state index in [2.05, 4.69) is 4.99 Å². The summed E-state index contributed by atoms with van der Waals surface area (Å²) in [4.78, 5) is 41.0. The Kier molecular flexibility index (Phi) is 5.85. The van der Waals surface area contributed by atoms with Crippen LogP contribution in [-0.2, 0) is 9.59 Å². The number of imide groups is 2. The average Bonchev–Trinajstić information content (AvgIpc) is 2.60. The van der Waals surface area contributed by atoms with Crippen molar-refractivity contribution in [2.75, 3.05) is 24.7 Å². The van der Waals surface area contributed by atoms with Crippen LogP contribution in [0.1, 0.15) is 0 Å². The van der Waals surface area contributed by atoms with Crippen molar-refractivity contribution >= 4 is 41.3 Å². The molecule has 25 heavy (non-hydrogen) atoms. The number of aliphatic imine (C=N–C) groups is 1. The molecule has 1 atom stereocenters. The van der Waals surface area contributed by atoms with Gasteiger partial charge < -0.3 is 15.3 Å². The fourth-order valence-corrected chi connectivity index (χ4v) is 2.19. The Labute approximate surface area is 147 Å². The van der Waals surface area contributed by atoms with E-state index in [-0.39, 0.29) is 5.69 Å². The highest BCUT2D eigenvalue weighted by Crippen LogP contribution is 2.22. The number of anilines is 1. The molecule has 2 rings (SSSR count). The standard InChI is InChI=1S/C15H16ClN3O6/c16-9-1-3-10(4-2-9)19-13(24)11(12(23)18-14(19)25)5-17-15(6-20,7-21)8-22/h1-5,11,20-22H,6-8H2,(H,18,23,25)/t11-/m1/s1. The molecule has 1 saturated heterocycles. The summed E-state index contributed by atoms with van der Waals surface area (Å²) < 4.78 is 0. The van der Waals surface area contributed by atoms with Gasteiger partial charge in [-0.2, -0.15) is 0 Å². The van der Waals surface area contributed by atoms with E-state index in [0.29, 0.717) is 5.02 Å². The van der Waals surface area contributed by atoms with Gasteiger partial charge in [-0.25, -0.2) is 9.69 Å². The zero-order valence-electron chi connectivity index (χ0n) is 12.9. The highest BCUT2D eigenvalue weighted by Gasteiger charge is 2.41. The van der Waals surface area contributed by atoms with Crippen LogP contribution in [0.5, 0.6) is 0 Å². The smallest absolute Gasteiger partial charge is 0.335 e. The van der Waals surface area contributed by atoms with Crippen molar-refractivity contribution in [1.82, 2.24) is 5.32 Å². The number of barbiturate groups is 1. The fourth-order valence-electron chi connectivity index (χ4n) is 2.06. The highest BCUT2D eigenvalue weighted by atomic mass is 35.5. The maximum Gasteiger partial charge on any atom is 0.335 e. The van der Waals surface area contributed by atoms with Crippen molar-refractivity contribution in [1.29, 1.82) is 0 Å². The predicted molar refractivity (Wildman–Crippen MR) is 88.4 cm³/mol. The third-order valence-electron chi connectivity index (χ3n) is 3.67. The van der Waals surface area contributed by atoms with Crippen molar-refractivity contribution in [2.24, 2.45) is 10.9 Å². The van der Waals surface area contributed by atoms with Gasteiger partial charge in [-0.15, -0.1) is 0 Å². The second kappa shape index (κ2) is 7.70. The number of carbonyl (C=O) groups is 3. The van der Waals surface area contributed by atoms with Gasteiger partial charge >= 0.3 is 6.03 Å². The Bertz CT molecular complexity index is 693. The van der Waals surface area contributed by atoms with Crippen molar-refractivity contribution in [2.45, 2.75) is 5.54 Å². The molecule has 0 aliphatic carbocycles. The summed E-state index contributed by atoms with van der Waals surface area (Å²) in [5, 5.41) is 30.2. The summed E-state index contributed by atoms with van der Waals surface area (Å²) in [6.45, 7) is -2.09. The molecule has 0 saturated carbocycles. The number of carbonyl (C=O) groups excluding carboxylic acids is 3. The summed E-state index contributed by atoms with van der Waals surface area (Å²) in [5.41, 5.74) is -1.43. The number of aliphatic hydroxyl groups is 3. The van der Waals surface area contributed by atoms with Crippen molar-refractivity contribution in [3.8, 4) is 0 Å². The van der Waals surface area contributed by atoms with E-state index in [4.69, 9.17) is 11.6 Å². The first kappa shape index (κ1) is 19.0. The third kappa shape index (κ3) is 3.85. The fraction of sp³-hybridized carbons (Fsp3) is 0.333. The van der Waals surface area contributed by atoms with Gasteiger partial charge in [0.05, 0.1) is 25.5 Å². The van der Waals surface area contributed by atoms with E-state index in [9.17, 15) is 29.7 Å². The van der Waals surface area contributed by atoms with Crippen LogP contribution in [0.15, 0.2) is 29.3 Å². The number of urea groups is 1. The molecule has 0 radical (unpaired) electrons. The number of aliphatic hydroxyl groups excluding tert-OH is 3. The molecule has 1 aromatic rings. The first-order valence-corrected chi connectivity index (χ1v) is 7.57. The van der Waals surface area contributed by atoms with Gasteiger partial charge in [0.1, 0.15) is 5.54 Å². The van der Waals surface area contributed by atoms with Crippen LogP contribution in [0.2, 0.25) is 5.02 Å². The summed E-state index contributed by atoms with van der Waals surface area (Å²) in [6, 6.07) is 4.91. The van der Waals surface area contributed by atoms with Gasteiger partial charge in [-0.05, 0) is 24.3 Å². The van der Waals surface area contributed by atoms with Crippen LogP contribution in [0.25, 0.3) is 0 Å². The minimum Gasteiger partial charge on any atom is -0.394 e. The molecule has 10 heteroatoms. The molecule has 1 aliphatic heterocycles. The van der Waals surface area contributed by atoms with Gasteiger partial charge in [0, 0.05) is 11.2 Å². The molecule has 0 bridgehead atoms. The minimum absolute atomic E-state index is 0.204. The number of halogens is 1. The van der Waals surface area contributed by atoms with Crippen LogP contribution in [0, 0.1) is 5.92 Å². The van der Waals surface area contributed by atoms with Crippen LogP contribution in [0.3, 0.4) is 0 Å². The summed E-state index contributed by atoms with van der Waals surface area (Å²) in [7, 11) is 0. The lowest BCUT2D eigenvalue weighted by Crippen LogP contribution is -2.59. The summed E-state index contributed by atoms with van der Waals surface area (Å²) >= 11 is 5.77. The van der Waals surface area contributed by atoms with E-state index >= 15 is 0 Å². The molecule has 1 aromatic carbocycles. The largest absolute Gasteiger partial charge is 0.394 e.